The van der Waals surface area contributed by atoms with Crippen molar-refractivity contribution in [2.24, 2.45) is 0 Å². The second-order valence-electron chi connectivity index (χ2n) is 4.96. The van der Waals surface area contributed by atoms with Crippen molar-refractivity contribution in [3.8, 4) is 5.75 Å². The lowest BCUT2D eigenvalue weighted by atomic mass is 10.2. The number of carboxylic acid groups (broad SMARTS) is 1. The maximum atomic E-state index is 12.1. The number of aromatic hydroxyl groups is 1. The smallest absolute Gasteiger partial charge is 0.339 e. The van der Waals surface area contributed by atoms with Crippen molar-refractivity contribution in [3.05, 3.63) is 23.8 Å². The SMILES string of the molecule is CC(C)N(C)CCNS(=O)(=O)c1ccc(O)c(C(=O)O)c1. The van der Waals surface area contributed by atoms with Crippen LogP contribution in [0.2, 0.25) is 0 Å². The highest BCUT2D eigenvalue weighted by molar-refractivity contribution is 7.89. The van der Waals surface area contributed by atoms with Gasteiger partial charge in [0.2, 0.25) is 10.0 Å². The number of sulfonamides is 1. The van der Waals surface area contributed by atoms with Crippen LogP contribution >= 0.6 is 0 Å². The number of likely N-dealkylation sites (N-methyl/N-ethyl adjacent to an activating group) is 1. The molecule has 0 unspecified atom stereocenters. The molecule has 0 aliphatic heterocycles. The fourth-order valence-electron chi connectivity index (χ4n) is 1.55. The number of nitrogens with zero attached hydrogens (tertiary/aromatic N) is 1. The largest absolute Gasteiger partial charge is 0.507 e. The Morgan fingerprint density at radius 2 is 2.00 bits per heavy atom. The van der Waals surface area contributed by atoms with Gasteiger partial charge in [0.1, 0.15) is 11.3 Å². The average Bonchev–Trinajstić information content (AvgIpc) is 2.38. The molecule has 0 amide bonds. The number of hydrogen-bond acceptors (Lipinski definition) is 5. The highest BCUT2D eigenvalue weighted by Crippen LogP contribution is 2.21. The molecule has 0 radical (unpaired) electrons. The third kappa shape index (κ3) is 4.69. The third-order valence-electron chi connectivity index (χ3n) is 3.15. The van der Waals surface area contributed by atoms with E-state index in [2.05, 4.69) is 4.72 Å². The van der Waals surface area contributed by atoms with Crippen molar-refractivity contribution in [2.45, 2.75) is 24.8 Å². The Morgan fingerprint density at radius 1 is 1.38 bits per heavy atom. The Bertz CT molecular complexity index is 613. The van der Waals surface area contributed by atoms with Gasteiger partial charge in [0.25, 0.3) is 0 Å². The van der Waals surface area contributed by atoms with E-state index in [1.807, 2.05) is 25.8 Å². The summed E-state index contributed by atoms with van der Waals surface area (Å²) in [7, 11) is -1.93. The number of nitrogens with one attached hydrogen (secondary N) is 1. The van der Waals surface area contributed by atoms with E-state index in [-0.39, 0.29) is 11.4 Å². The summed E-state index contributed by atoms with van der Waals surface area (Å²) in [5, 5.41) is 18.3. The van der Waals surface area contributed by atoms with Crippen LogP contribution in [-0.4, -0.2) is 55.7 Å². The fraction of sp³-hybridized carbons (Fsp3) is 0.462. The molecule has 1 rings (SSSR count). The highest BCUT2D eigenvalue weighted by atomic mass is 32.2. The number of aromatic carboxylic acids is 1. The van der Waals surface area contributed by atoms with Crippen LogP contribution in [0.4, 0.5) is 0 Å². The summed E-state index contributed by atoms with van der Waals surface area (Å²) in [5.41, 5.74) is -0.447. The number of rotatable bonds is 7. The summed E-state index contributed by atoms with van der Waals surface area (Å²) in [6.07, 6.45) is 0. The quantitative estimate of drug-likeness (QED) is 0.684. The first-order valence-corrected chi connectivity index (χ1v) is 7.89. The minimum absolute atomic E-state index is 0.190. The normalized spacial score (nSPS) is 12.0. The molecule has 3 N–H and O–H groups in total. The Labute approximate surface area is 124 Å². The molecule has 0 aromatic heterocycles. The number of benzene rings is 1. The van der Waals surface area contributed by atoms with Crippen molar-refractivity contribution in [1.29, 1.82) is 0 Å². The molecule has 0 aliphatic carbocycles. The predicted molar refractivity (Wildman–Crippen MR) is 78.0 cm³/mol. The molecular formula is C13H20N2O5S. The van der Waals surface area contributed by atoms with Gasteiger partial charge in [-0.2, -0.15) is 0 Å². The number of phenols is 1. The summed E-state index contributed by atoms with van der Waals surface area (Å²) in [6, 6.07) is 3.45. The highest BCUT2D eigenvalue weighted by Gasteiger charge is 2.18. The van der Waals surface area contributed by atoms with Crippen LogP contribution in [0.1, 0.15) is 24.2 Å². The molecule has 0 saturated carbocycles. The molecule has 8 heteroatoms. The van der Waals surface area contributed by atoms with Gasteiger partial charge in [0.05, 0.1) is 4.90 Å². The van der Waals surface area contributed by atoms with Crippen molar-refractivity contribution in [3.63, 3.8) is 0 Å². The van der Waals surface area contributed by atoms with Gasteiger partial charge in [0, 0.05) is 19.1 Å². The second kappa shape index (κ2) is 6.88. The monoisotopic (exact) mass is 316 g/mol. The van der Waals surface area contributed by atoms with Crippen LogP contribution in [0, 0.1) is 0 Å². The molecular weight excluding hydrogens is 296 g/mol. The van der Waals surface area contributed by atoms with E-state index < -0.39 is 27.3 Å². The summed E-state index contributed by atoms with van der Waals surface area (Å²) >= 11 is 0. The van der Waals surface area contributed by atoms with Crippen LogP contribution in [0.25, 0.3) is 0 Å². The van der Waals surface area contributed by atoms with Gasteiger partial charge in [-0.15, -0.1) is 0 Å². The summed E-state index contributed by atoms with van der Waals surface area (Å²) in [5.74, 6) is -1.86. The van der Waals surface area contributed by atoms with Crippen LogP contribution in [-0.2, 0) is 10.0 Å². The standard InChI is InChI=1S/C13H20N2O5S/c1-9(2)15(3)7-6-14-21(19,20)10-4-5-12(16)11(8-10)13(17)18/h4-5,8-9,14,16H,6-7H2,1-3H3,(H,17,18). The van der Waals surface area contributed by atoms with Crippen molar-refractivity contribution in [2.75, 3.05) is 20.1 Å². The summed E-state index contributed by atoms with van der Waals surface area (Å²) in [4.78, 5) is 12.7. The maximum Gasteiger partial charge on any atom is 0.339 e. The topological polar surface area (TPSA) is 107 Å². The van der Waals surface area contributed by atoms with Gasteiger partial charge < -0.3 is 15.1 Å². The van der Waals surface area contributed by atoms with E-state index in [9.17, 15) is 18.3 Å². The fourth-order valence-corrected chi connectivity index (χ4v) is 2.60. The van der Waals surface area contributed by atoms with E-state index in [4.69, 9.17) is 5.11 Å². The molecule has 21 heavy (non-hydrogen) atoms. The lowest BCUT2D eigenvalue weighted by molar-refractivity contribution is 0.0693. The minimum Gasteiger partial charge on any atom is -0.507 e. The lowest BCUT2D eigenvalue weighted by Gasteiger charge is -2.20. The zero-order valence-corrected chi connectivity index (χ0v) is 13.0. The van der Waals surface area contributed by atoms with Crippen molar-refractivity contribution < 1.29 is 23.4 Å². The number of carbonyl (C=O) groups is 1. The molecule has 7 nitrogen and oxygen atoms in total. The van der Waals surface area contributed by atoms with Gasteiger partial charge in [-0.25, -0.2) is 17.9 Å². The van der Waals surface area contributed by atoms with E-state index in [1.165, 1.54) is 0 Å². The number of carboxylic acids is 1. The third-order valence-corrected chi connectivity index (χ3v) is 4.61. The van der Waals surface area contributed by atoms with Crippen LogP contribution in [0.3, 0.4) is 0 Å². The predicted octanol–water partition coefficient (Wildman–Crippen LogP) is 0.709. The zero-order chi connectivity index (χ0) is 16.2. The molecule has 0 spiro atoms. The first kappa shape index (κ1) is 17.4. The second-order valence-corrected chi connectivity index (χ2v) is 6.72. The van der Waals surface area contributed by atoms with Gasteiger partial charge in [-0.1, -0.05) is 0 Å². The van der Waals surface area contributed by atoms with Crippen LogP contribution in [0.5, 0.6) is 5.75 Å². The molecule has 0 aliphatic rings. The molecule has 118 valence electrons. The zero-order valence-electron chi connectivity index (χ0n) is 12.2. The van der Waals surface area contributed by atoms with E-state index in [1.54, 1.807) is 0 Å². The summed E-state index contributed by atoms with van der Waals surface area (Å²) in [6.45, 7) is 4.72. The Balaban J connectivity index is 2.84. The Hall–Kier alpha value is -1.64. The van der Waals surface area contributed by atoms with E-state index in [0.29, 0.717) is 12.6 Å². The first-order chi connectivity index (χ1) is 9.65. The first-order valence-electron chi connectivity index (χ1n) is 6.41. The molecule has 1 aromatic carbocycles. The average molecular weight is 316 g/mol. The van der Waals surface area contributed by atoms with E-state index in [0.717, 1.165) is 18.2 Å². The molecule has 0 atom stereocenters. The summed E-state index contributed by atoms with van der Waals surface area (Å²) < 4.78 is 26.5. The van der Waals surface area contributed by atoms with Gasteiger partial charge in [-0.05, 0) is 39.1 Å². The van der Waals surface area contributed by atoms with Gasteiger partial charge in [-0.3, -0.25) is 0 Å². The van der Waals surface area contributed by atoms with Crippen LogP contribution < -0.4 is 4.72 Å². The van der Waals surface area contributed by atoms with Crippen molar-refractivity contribution in [1.82, 2.24) is 9.62 Å². The molecule has 0 saturated heterocycles. The minimum atomic E-state index is -3.81. The molecule has 0 bridgehead atoms. The van der Waals surface area contributed by atoms with Crippen LogP contribution in [0.15, 0.2) is 23.1 Å². The Morgan fingerprint density at radius 3 is 2.52 bits per heavy atom. The molecule has 0 heterocycles. The van der Waals surface area contributed by atoms with Crippen molar-refractivity contribution >= 4 is 16.0 Å². The molecule has 0 fully saturated rings. The van der Waals surface area contributed by atoms with Gasteiger partial charge >= 0.3 is 5.97 Å². The number of hydrogen-bond donors (Lipinski definition) is 3. The Kier molecular flexibility index (Phi) is 5.70. The molecule has 1 aromatic rings. The van der Waals surface area contributed by atoms with E-state index >= 15 is 0 Å². The lowest BCUT2D eigenvalue weighted by Crippen LogP contribution is -2.36. The maximum absolute atomic E-state index is 12.1. The van der Waals surface area contributed by atoms with Gasteiger partial charge in [0.15, 0.2) is 0 Å².